The van der Waals surface area contributed by atoms with E-state index < -0.39 is 0 Å². The normalized spacial score (nSPS) is 19.8. The number of carbonyl (C=O) groups is 1. The molecule has 0 aromatic carbocycles. The topological polar surface area (TPSA) is 38.3 Å². The molecule has 0 radical (unpaired) electrons. The number of alkyl carbamates (subject to hydrolysis) is 1. The SMILES string of the molecule is CCOC(=O)N[C@H](C)C1CCCC1. The quantitative estimate of drug-likeness (QED) is 0.732. The molecule has 0 aliphatic heterocycles. The second-order valence-electron chi connectivity index (χ2n) is 3.70. The first-order valence-electron chi connectivity index (χ1n) is 5.17. The van der Waals surface area contributed by atoms with Crippen LogP contribution >= 0.6 is 0 Å². The largest absolute Gasteiger partial charge is 0.450 e. The van der Waals surface area contributed by atoms with Crippen LogP contribution in [0, 0.1) is 5.92 Å². The van der Waals surface area contributed by atoms with Crippen molar-refractivity contribution in [2.24, 2.45) is 5.92 Å². The van der Waals surface area contributed by atoms with E-state index in [0.29, 0.717) is 12.5 Å². The Labute approximate surface area is 79.8 Å². The highest BCUT2D eigenvalue weighted by atomic mass is 16.5. The molecule has 1 N–H and O–H groups in total. The van der Waals surface area contributed by atoms with Crippen LogP contribution in [0.3, 0.4) is 0 Å². The Morgan fingerprint density at radius 1 is 1.54 bits per heavy atom. The van der Waals surface area contributed by atoms with Gasteiger partial charge in [0, 0.05) is 6.04 Å². The Hall–Kier alpha value is -0.730. The summed E-state index contributed by atoms with van der Waals surface area (Å²) in [4.78, 5) is 11.1. The maximum absolute atomic E-state index is 11.1. The smallest absolute Gasteiger partial charge is 0.407 e. The summed E-state index contributed by atoms with van der Waals surface area (Å²) in [6, 6.07) is 0.265. The second kappa shape index (κ2) is 5.10. The van der Waals surface area contributed by atoms with E-state index >= 15 is 0 Å². The summed E-state index contributed by atoms with van der Waals surface area (Å²) in [6.07, 6.45) is 4.82. The molecule has 1 saturated carbocycles. The lowest BCUT2D eigenvalue weighted by Crippen LogP contribution is -2.37. The Kier molecular flexibility index (Phi) is 4.06. The van der Waals surface area contributed by atoms with Gasteiger partial charge in [-0.15, -0.1) is 0 Å². The number of rotatable bonds is 3. The van der Waals surface area contributed by atoms with Crippen molar-refractivity contribution in [3.63, 3.8) is 0 Å². The van der Waals surface area contributed by atoms with Crippen LogP contribution in [-0.4, -0.2) is 18.7 Å². The van der Waals surface area contributed by atoms with E-state index in [0.717, 1.165) is 0 Å². The molecular weight excluding hydrogens is 166 g/mol. The molecule has 13 heavy (non-hydrogen) atoms. The molecule has 0 spiro atoms. The molecule has 0 heterocycles. The Morgan fingerprint density at radius 2 is 2.15 bits per heavy atom. The van der Waals surface area contributed by atoms with E-state index in [1.165, 1.54) is 25.7 Å². The zero-order valence-corrected chi connectivity index (χ0v) is 8.51. The molecule has 0 aromatic heterocycles. The second-order valence-corrected chi connectivity index (χ2v) is 3.70. The van der Waals surface area contributed by atoms with Crippen LogP contribution in [0.1, 0.15) is 39.5 Å². The van der Waals surface area contributed by atoms with Gasteiger partial charge in [-0.2, -0.15) is 0 Å². The van der Waals surface area contributed by atoms with Crippen molar-refractivity contribution in [1.29, 1.82) is 0 Å². The monoisotopic (exact) mass is 185 g/mol. The summed E-state index contributed by atoms with van der Waals surface area (Å²) in [6.45, 7) is 4.33. The number of amides is 1. The van der Waals surface area contributed by atoms with Gasteiger partial charge < -0.3 is 10.1 Å². The summed E-state index contributed by atoms with van der Waals surface area (Å²) in [5.74, 6) is 0.657. The fraction of sp³-hybridized carbons (Fsp3) is 0.900. The summed E-state index contributed by atoms with van der Waals surface area (Å²) >= 11 is 0. The summed E-state index contributed by atoms with van der Waals surface area (Å²) in [7, 11) is 0. The van der Waals surface area contributed by atoms with Gasteiger partial charge in [0.15, 0.2) is 0 Å². The lowest BCUT2D eigenvalue weighted by Gasteiger charge is -2.19. The minimum absolute atomic E-state index is 0.265. The molecular formula is C10H19NO2. The van der Waals surface area contributed by atoms with Crippen molar-refractivity contribution in [2.75, 3.05) is 6.61 Å². The fourth-order valence-corrected chi connectivity index (χ4v) is 1.93. The molecule has 0 aromatic rings. The first-order valence-corrected chi connectivity index (χ1v) is 5.17. The van der Waals surface area contributed by atoms with Crippen molar-refractivity contribution in [3.8, 4) is 0 Å². The predicted octanol–water partition coefficient (Wildman–Crippen LogP) is 2.31. The van der Waals surface area contributed by atoms with Crippen molar-refractivity contribution < 1.29 is 9.53 Å². The summed E-state index contributed by atoms with van der Waals surface area (Å²) in [5.41, 5.74) is 0. The summed E-state index contributed by atoms with van der Waals surface area (Å²) in [5, 5.41) is 2.86. The van der Waals surface area contributed by atoms with Crippen LogP contribution in [-0.2, 0) is 4.74 Å². The van der Waals surface area contributed by atoms with Gasteiger partial charge in [-0.05, 0) is 32.6 Å². The lowest BCUT2D eigenvalue weighted by atomic mass is 10.0. The zero-order chi connectivity index (χ0) is 9.68. The maximum Gasteiger partial charge on any atom is 0.407 e. The van der Waals surface area contributed by atoms with Crippen LogP contribution in [0.4, 0.5) is 4.79 Å². The van der Waals surface area contributed by atoms with Gasteiger partial charge in [-0.3, -0.25) is 0 Å². The highest BCUT2D eigenvalue weighted by Crippen LogP contribution is 2.27. The number of carbonyl (C=O) groups excluding carboxylic acids is 1. The van der Waals surface area contributed by atoms with E-state index in [2.05, 4.69) is 12.2 Å². The first kappa shape index (κ1) is 10.4. The molecule has 0 saturated heterocycles. The third-order valence-electron chi connectivity index (χ3n) is 2.73. The Balaban J connectivity index is 2.22. The highest BCUT2D eigenvalue weighted by molar-refractivity contribution is 5.67. The molecule has 1 fully saturated rings. The van der Waals surface area contributed by atoms with Crippen molar-refractivity contribution in [3.05, 3.63) is 0 Å². The Morgan fingerprint density at radius 3 is 2.69 bits per heavy atom. The summed E-state index contributed by atoms with van der Waals surface area (Å²) < 4.78 is 4.82. The van der Waals surface area contributed by atoms with E-state index in [4.69, 9.17) is 4.74 Å². The molecule has 1 amide bonds. The number of nitrogens with one attached hydrogen (secondary N) is 1. The molecule has 76 valence electrons. The molecule has 1 aliphatic carbocycles. The fourth-order valence-electron chi connectivity index (χ4n) is 1.93. The molecule has 3 nitrogen and oxygen atoms in total. The van der Waals surface area contributed by atoms with Crippen LogP contribution < -0.4 is 5.32 Å². The van der Waals surface area contributed by atoms with Crippen molar-refractivity contribution in [1.82, 2.24) is 5.32 Å². The standard InChI is InChI=1S/C10H19NO2/c1-3-13-10(12)11-8(2)9-6-4-5-7-9/h8-9H,3-7H2,1-2H3,(H,11,12)/t8-/m1/s1. The van der Waals surface area contributed by atoms with Crippen LogP contribution in [0.15, 0.2) is 0 Å². The van der Waals surface area contributed by atoms with Gasteiger partial charge in [-0.25, -0.2) is 4.79 Å². The first-order chi connectivity index (χ1) is 6.24. The van der Waals surface area contributed by atoms with Gasteiger partial charge in [0.05, 0.1) is 6.61 Å². The molecule has 0 unspecified atom stereocenters. The van der Waals surface area contributed by atoms with E-state index in [-0.39, 0.29) is 12.1 Å². The zero-order valence-electron chi connectivity index (χ0n) is 8.51. The van der Waals surface area contributed by atoms with Crippen LogP contribution in [0.25, 0.3) is 0 Å². The van der Waals surface area contributed by atoms with Crippen molar-refractivity contribution in [2.45, 2.75) is 45.6 Å². The average Bonchev–Trinajstić information content (AvgIpc) is 2.55. The minimum Gasteiger partial charge on any atom is -0.450 e. The van der Waals surface area contributed by atoms with Gasteiger partial charge in [0.1, 0.15) is 0 Å². The highest BCUT2D eigenvalue weighted by Gasteiger charge is 2.22. The average molecular weight is 185 g/mol. The third-order valence-corrected chi connectivity index (χ3v) is 2.73. The van der Waals surface area contributed by atoms with Crippen molar-refractivity contribution >= 4 is 6.09 Å². The molecule has 1 rings (SSSR count). The van der Waals surface area contributed by atoms with E-state index in [1.807, 2.05) is 6.92 Å². The molecule has 1 atom stereocenters. The van der Waals surface area contributed by atoms with Gasteiger partial charge >= 0.3 is 6.09 Å². The number of hydrogen-bond acceptors (Lipinski definition) is 2. The van der Waals surface area contributed by atoms with Crippen LogP contribution in [0.2, 0.25) is 0 Å². The minimum atomic E-state index is -0.276. The third kappa shape index (κ3) is 3.25. The maximum atomic E-state index is 11.1. The number of hydrogen-bond donors (Lipinski definition) is 1. The van der Waals surface area contributed by atoms with Crippen LogP contribution in [0.5, 0.6) is 0 Å². The number of ether oxygens (including phenoxy) is 1. The molecule has 3 heteroatoms. The van der Waals surface area contributed by atoms with Gasteiger partial charge in [-0.1, -0.05) is 12.8 Å². The van der Waals surface area contributed by atoms with Gasteiger partial charge in [0.2, 0.25) is 0 Å². The molecule has 0 bridgehead atoms. The predicted molar refractivity (Wildman–Crippen MR) is 51.6 cm³/mol. The van der Waals surface area contributed by atoms with Gasteiger partial charge in [0.25, 0.3) is 0 Å². The van der Waals surface area contributed by atoms with E-state index in [9.17, 15) is 4.79 Å². The Bertz CT molecular complexity index is 164. The van der Waals surface area contributed by atoms with E-state index in [1.54, 1.807) is 0 Å². The lowest BCUT2D eigenvalue weighted by molar-refractivity contribution is 0.145. The molecule has 1 aliphatic rings.